The molecule has 6 heteroatoms. The molecule has 0 saturated carbocycles. The zero-order chi connectivity index (χ0) is 14.8. The molecule has 3 rings (SSSR count). The van der Waals surface area contributed by atoms with E-state index < -0.39 is 11.6 Å². The Hall–Kier alpha value is -2.89. The third-order valence-corrected chi connectivity index (χ3v) is 2.95. The summed E-state index contributed by atoms with van der Waals surface area (Å²) in [5.41, 5.74) is -0.287. The molecule has 0 aliphatic heterocycles. The number of aromatic nitrogens is 3. The smallest absolute Gasteiger partial charge is 0.153 e. The second-order valence-corrected chi connectivity index (χ2v) is 4.28. The summed E-state index contributed by atoms with van der Waals surface area (Å²) in [4.78, 5) is 15.2. The van der Waals surface area contributed by atoms with Crippen LogP contribution in [0.25, 0.3) is 17.1 Å². The van der Waals surface area contributed by atoms with Crippen molar-refractivity contribution in [1.29, 1.82) is 0 Å². The summed E-state index contributed by atoms with van der Waals surface area (Å²) in [6, 6.07) is 8.63. The molecule has 0 radical (unpaired) electrons. The highest BCUT2D eigenvalue weighted by molar-refractivity contribution is 5.85. The summed E-state index contributed by atoms with van der Waals surface area (Å²) >= 11 is 0. The third kappa shape index (κ3) is 2.31. The molecule has 2 aromatic heterocycles. The molecule has 21 heavy (non-hydrogen) atoms. The quantitative estimate of drug-likeness (QED) is 0.695. The summed E-state index contributed by atoms with van der Waals surface area (Å²) in [6.45, 7) is 0. The van der Waals surface area contributed by atoms with Gasteiger partial charge in [-0.25, -0.2) is 18.4 Å². The van der Waals surface area contributed by atoms with Gasteiger partial charge in [0, 0.05) is 12.4 Å². The van der Waals surface area contributed by atoms with E-state index in [1.54, 1.807) is 24.4 Å². The number of benzene rings is 1. The van der Waals surface area contributed by atoms with Crippen LogP contribution in [0.1, 0.15) is 10.4 Å². The maximum atomic E-state index is 13.8. The van der Waals surface area contributed by atoms with Gasteiger partial charge in [-0.3, -0.25) is 4.79 Å². The van der Waals surface area contributed by atoms with Crippen molar-refractivity contribution in [3.8, 4) is 17.1 Å². The Balaban J connectivity index is 2.20. The molecule has 0 amide bonds. The van der Waals surface area contributed by atoms with Gasteiger partial charge in [0.1, 0.15) is 17.3 Å². The minimum atomic E-state index is -0.774. The number of halogens is 2. The van der Waals surface area contributed by atoms with E-state index in [2.05, 4.69) is 10.1 Å². The number of hydrogen-bond donors (Lipinski definition) is 0. The highest BCUT2D eigenvalue weighted by atomic mass is 19.1. The second-order valence-electron chi connectivity index (χ2n) is 4.28. The Labute approximate surface area is 118 Å². The summed E-state index contributed by atoms with van der Waals surface area (Å²) in [5, 5.41) is 4.09. The Kier molecular flexibility index (Phi) is 3.27. The Morgan fingerprint density at radius 2 is 1.81 bits per heavy atom. The molecule has 1 aromatic carbocycles. The first kappa shape index (κ1) is 13.1. The van der Waals surface area contributed by atoms with Crippen LogP contribution in [0.3, 0.4) is 0 Å². The highest BCUT2D eigenvalue weighted by Crippen LogP contribution is 2.27. The van der Waals surface area contributed by atoms with Gasteiger partial charge in [-0.1, -0.05) is 12.1 Å². The van der Waals surface area contributed by atoms with Crippen LogP contribution in [0.4, 0.5) is 8.78 Å². The number of nitrogens with zero attached hydrogens (tertiary/aromatic N) is 3. The third-order valence-electron chi connectivity index (χ3n) is 2.95. The topological polar surface area (TPSA) is 47.8 Å². The molecule has 104 valence electrons. The Morgan fingerprint density at radius 1 is 1.05 bits per heavy atom. The van der Waals surface area contributed by atoms with Crippen molar-refractivity contribution in [3.05, 3.63) is 66.0 Å². The van der Waals surface area contributed by atoms with E-state index >= 15 is 0 Å². The molecule has 0 saturated heterocycles. The lowest BCUT2D eigenvalue weighted by molar-refractivity contribution is 0.112. The molecule has 3 aromatic rings. The first-order valence-electron chi connectivity index (χ1n) is 6.11. The zero-order valence-corrected chi connectivity index (χ0v) is 10.7. The van der Waals surface area contributed by atoms with Crippen molar-refractivity contribution >= 4 is 6.29 Å². The molecule has 0 spiro atoms. The molecular weight excluding hydrogens is 276 g/mol. The van der Waals surface area contributed by atoms with Crippen LogP contribution < -0.4 is 0 Å². The standard InChI is InChI=1S/C15H9F2N3O/c16-11-4-3-5-12(17)14(11)15-10(9-21)8-20(19-15)13-6-1-2-7-18-13/h1-9H. The van der Waals surface area contributed by atoms with E-state index in [-0.39, 0.29) is 16.8 Å². The second kappa shape index (κ2) is 5.24. The first-order chi connectivity index (χ1) is 10.2. The van der Waals surface area contributed by atoms with Gasteiger partial charge in [-0.05, 0) is 24.3 Å². The maximum Gasteiger partial charge on any atom is 0.153 e. The van der Waals surface area contributed by atoms with Crippen molar-refractivity contribution in [1.82, 2.24) is 14.8 Å². The SMILES string of the molecule is O=Cc1cn(-c2ccccn2)nc1-c1c(F)cccc1F. The molecule has 4 nitrogen and oxygen atoms in total. The monoisotopic (exact) mass is 285 g/mol. The van der Waals surface area contributed by atoms with Crippen LogP contribution in [0.15, 0.2) is 48.8 Å². The maximum absolute atomic E-state index is 13.8. The molecule has 0 aliphatic rings. The van der Waals surface area contributed by atoms with Crippen molar-refractivity contribution in [2.24, 2.45) is 0 Å². The predicted molar refractivity (Wildman–Crippen MR) is 72.1 cm³/mol. The fraction of sp³-hybridized carbons (Fsp3) is 0. The number of aldehydes is 1. The van der Waals surface area contributed by atoms with Gasteiger partial charge < -0.3 is 0 Å². The molecule has 0 fully saturated rings. The number of carbonyl (C=O) groups is 1. The number of pyridine rings is 1. The normalized spacial score (nSPS) is 10.6. The summed E-state index contributed by atoms with van der Waals surface area (Å²) < 4.78 is 29.0. The van der Waals surface area contributed by atoms with Crippen LogP contribution in [0.5, 0.6) is 0 Å². The number of rotatable bonds is 3. The molecule has 2 heterocycles. The fourth-order valence-corrected chi connectivity index (χ4v) is 2.00. The predicted octanol–water partition coefficient (Wildman–Crippen LogP) is 3.03. The van der Waals surface area contributed by atoms with Crippen LogP contribution in [-0.2, 0) is 0 Å². The van der Waals surface area contributed by atoms with Crippen molar-refractivity contribution < 1.29 is 13.6 Å². The number of hydrogen-bond acceptors (Lipinski definition) is 3. The molecule has 0 atom stereocenters. The van der Waals surface area contributed by atoms with E-state index in [1.807, 2.05) is 0 Å². The van der Waals surface area contributed by atoms with Crippen LogP contribution >= 0.6 is 0 Å². The van der Waals surface area contributed by atoms with E-state index in [1.165, 1.54) is 16.9 Å². The average Bonchev–Trinajstić information content (AvgIpc) is 2.92. The first-order valence-corrected chi connectivity index (χ1v) is 6.11. The fourth-order valence-electron chi connectivity index (χ4n) is 2.00. The lowest BCUT2D eigenvalue weighted by atomic mass is 10.1. The Morgan fingerprint density at radius 3 is 2.43 bits per heavy atom. The van der Waals surface area contributed by atoms with Crippen molar-refractivity contribution in [3.63, 3.8) is 0 Å². The zero-order valence-electron chi connectivity index (χ0n) is 10.7. The lowest BCUT2D eigenvalue weighted by Gasteiger charge is -2.02. The summed E-state index contributed by atoms with van der Waals surface area (Å²) in [7, 11) is 0. The lowest BCUT2D eigenvalue weighted by Crippen LogP contribution is -1.98. The van der Waals surface area contributed by atoms with Gasteiger partial charge in [0.05, 0.1) is 11.1 Å². The van der Waals surface area contributed by atoms with Crippen LogP contribution in [-0.4, -0.2) is 21.1 Å². The van der Waals surface area contributed by atoms with Gasteiger partial charge in [-0.15, -0.1) is 0 Å². The molecule has 0 aliphatic carbocycles. The highest BCUT2D eigenvalue weighted by Gasteiger charge is 2.19. The van der Waals surface area contributed by atoms with Crippen LogP contribution in [0.2, 0.25) is 0 Å². The average molecular weight is 285 g/mol. The van der Waals surface area contributed by atoms with Gasteiger partial charge in [0.25, 0.3) is 0 Å². The van der Waals surface area contributed by atoms with Crippen molar-refractivity contribution in [2.45, 2.75) is 0 Å². The van der Waals surface area contributed by atoms with E-state index in [9.17, 15) is 13.6 Å². The van der Waals surface area contributed by atoms with Gasteiger partial charge in [-0.2, -0.15) is 5.10 Å². The number of carbonyl (C=O) groups excluding carboxylic acids is 1. The largest absolute Gasteiger partial charge is 0.298 e. The van der Waals surface area contributed by atoms with Crippen molar-refractivity contribution in [2.75, 3.05) is 0 Å². The summed E-state index contributed by atoms with van der Waals surface area (Å²) in [5.74, 6) is -1.10. The minimum Gasteiger partial charge on any atom is -0.298 e. The minimum absolute atomic E-state index is 0.0498. The molecular formula is C15H9F2N3O. The molecule has 0 N–H and O–H groups in total. The van der Waals surface area contributed by atoms with Gasteiger partial charge >= 0.3 is 0 Å². The van der Waals surface area contributed by atoms with Gasteiger partial charge in [0.2, 0.25) is 0 Å². The molecule has 0 bridgehead atoms. The molecule has 0 unspecified atom stereocenters. The van der Waals surface area contributed by atoms with Gasteiger partial charge in [0.15, 0.2) is 12.1 Å². The van der Waals surface area contributed by atoms with E-state index in [0.717, 1.165) is 12.1 Å². The summed E-state index contributed by atoms with van der Waals surface area (Å²) in [6.07, 6.45) is 3.45. The van der Waals surface area contributed by atoms with Crippen LogP contribution in [0, 0.1) is 11.6 Å². The van der Waals surface area contributed by atoms with E-state index in [0.29, 0.717) is 12.1 Å². The van der Waals surface area contributed by atoms with E-state index in [4.69, 9.17) is 0 Å². The Bertz CT molecular complexity index is 780.